The summed E-state index contributed by atoms with van der Waals surface area (Å²) in [6, 6.07) is 0. The molecule has 1 aliphatic rings. The van der Waals surface area contributed by atoms with E-state index in [1.54, 1.807) is 0 Å². The molecule has 0 heterocycles. The van der Waals surface area contributed by atoms with Gasteiger partial charge >= 0.3 is 0 Å². The summed E-state index contributed by atoms with van der Waals surface area (Å²) in [6.07, 6.45) is 2.87. The maximum absolute atomic E-state index is 11.6. The maximum atomic E-state index is 11.6. The molecule has 0 amide bonds. The lowest BCUT2D eigenvalue weighted by atomic mass is 9.99. The minimum atomic E-state index is -2.78. The molecule has 0 radical (unpaired) electrons. The highest BCUT2D eigenvalue weighted by Gasteiger charge is 2.33. The predicted molar refractivity (Wildman–Crippen MR) is 50.9 cm³/mol. The predicted octanol–water partition coefficient (Wildman–Crippen LogP) is 2.00. The van der Waals surface area contributed by atoms with E-state index in [1.807, 2.05) is 20.8 Å². The van der Waals surface area contributed by atoms with Gasteiger partial charge in [0.15, 0.2) is 9.84 Å². The van der Waals surface area contributed by atoms with Crippen LogP contribution in [0.2, 0.25) is 0 Å². The van der Waals surface area contributed by atoms with Crippen molar-refractivity contribution in [2.45, 2.75) is 45.3 Å². The third-order valence-electron chi connectivity index (χ3n) is 2.19. The van der Waals surface area contributed by atoms with Gasteiger partial charge in [-0.25, -0.2) is 8.42 Å². The molecule has 1 saturated carbocycles. The van der Waals surface area contributed by atoms with Crippen molar-refractivity contribution in [1.29, 1.82) is 0 Å². The van der Waals surface area contributed by atoms with Gasteiger partial charge in [0.2, 0.25) is 0 Å². The van der Waals surface area contributed by atoms with Crippen molar-refractivity contribution >= 4 is 9.84 Å². The maximum Gasteiger partial charge on any atom is 0.153 e. The molecule has 1 aliphatic carbocycles. The fourth-order valence-corrected chi connectivity index (χ4v) is 3.95. The summed E-state index contributed by atoms with van der Waals surface area (Å²) < 4.78 is 23.3. The van der Waals surface area contributed by atoms with Gasteiger partial charge in [-0.15, -0.1) is 0 Å². The second-order valence-electron chi connectivity index (χ2n) is 4.92. The lowest BCUT2D eigenvalue weighted by Crippen LogP contribution is -2.34. The molecule has 1 fully saturated rings. The zero-order valence-corrected chi connectivity index (χ0v) is 8.95. The van der Waals surface area contributed by atoms with Crippen molar-refractivity contribution in [3.8, 4) is 0 Å². The highest BCUT2D eigenvalue weighted by molar-refractivity contribution is 7.92. The first-order valence-electron chi connectivity index (χ1n) is 4.53. The van der Waals surface area contributed by atoms with E-state index in [9.17, 15) is 8.42 Å². The molecule has 0 aliphatic heterocycles. The molecule has 1 rings (SSSR count). The van der Waals surface area contributed by atoms with Crippen LogP contribution in [0.5, 0.6) is 0 Å². The van der Waals surface area contributed by atoms with E-state index < -0.39 is 9.84 Å². The second kappa shape index (κ2) is 3.02. The van der Waals surface area contributed by atoms with Gasteiger partial charge in [0.1, 0.15) is 0 Å². The second-order valence-corrected chi connectivity index (χ2v) is 7.20. The Bertz CT molecular complexity index is 242. The summed E-state index contributed by atoms with van der Waals surface area (Å²) in [7, 11) is -2.78. The molecule has 0 unspecified atom stereocenters. The zero-order valence-electron chi connectivity index (χ0n) is 8.13. The van der Waals surface area contributed by atoms with E-state index in [0.717, 1.165) is 19.3 Å². The number of hydrogen-bond donors (Lipinski definition) is 0. The smallest absolute Gasteiger partial charge is 0.153 e. The topological polar surface area (TPSA) is 34.1 Å². The van der Waals surface area contributed by atoms with E-state index in [2.05, 4.69) is 0 Å². The molecular weight excluding hydrogens is 172 g/mol. The molecule has 3 heteroatoms. The summed E-state index contributed by atoms with van der Waals surface area (Å²) in [4.78, 5) is 0. The first-order valence-corrected chi connectivity index (χ1v) is 6.24. The Morgan fingerprint density at radius 3 is 2.00 bits per heavy atom. The normalized spacial score (nSPS) is 20.6. The van der Waals surface area contributed by atoms with Crippen molar-refractivity contribution in [3.05, 3.63) is 0 Å². The van der Waals surface area contributed by atoms with Gasteiger partial charge in [0.05, 0.1) is 11.0 Å². The lowest BCUT2D eigenvalue weighted by Gasteiger charge is -2.28. The molecule has 0 N–H and O–H groups in total. The minimum Gasteiger partial charge on any atom is -0.229 e. The molecule has 0 atom stereocenters. The van der Waals surface area contributed by atoms with E-state index in [4.69, 9.17) is 0 Å². The van der Waals surface area contributed by atoms with Crippen LogP contribution < -0.4 is 0 Å². The zero-order chi connectivity index (χ0) is 9.41. The van der Waals surface area contributed by atoms with Gasteiger partial charge in [-0.3, -0.25) is 0 Å². The van der Waals surface area contributed by atoms with Crippen molar-refractivity contribution in [1.82, 2.24) is 0 Å². The monoisotopic (exact) mass is 190 g/mol. The lowest BCUT2D eigenvalue weighted by molar-refractivity contribution is 0.435. The Labute approximate surface area is 75.3 Å². The van der Waals surface area contributed by atoms with Crippen LogP contribution >= 0.6 is 0 Å². The van der Waals surface area contributed by atoms with Crippen LogP contribution in [-0.2, 0) is 9.84 Å². The van der Waals surface area contributed by atoms with E-state index in [-0.39, 0.29) is 10.7 Å². The van der Waals surface area contributed by atoms with Crippen molar-refractivity contribution < 1.29 is 8.42 Å². The Morgan fingerprint density at radius 1 is 1.25 bits per heavy atom. The van der Waals surface area contributed by atoms with Crippen molar-refractivity contribution in [2.24, 2.45) is 5.41 Å². The fraction of sp³-hybridized carbons (Fsp3) is 1.00. The molecule has 0 aromatic heterocycles. The highest BCUT2D eigenvalue weighted by Crippen LogP contribution is 2.30. The first-order chi connectivity index (χ1) is 5.31. The minimum absolute atomic E-state index is 0.0169. The average molecular weight is 190 g/mol. The summed E-state index contributed by atoms with van der Waals surface area (Å²) >= 11 is 0. The van der Waals surface area contributed by atoms with Crippen LogP contribution in [0.15, 0.2) is 0 Å². The number of sulfone groups is 1. The standard InChI is InChI=1S/C9H18O2S/c1-9(2,3)7-12(10,11)8-5-4-6-8/h8H,4-7H2,1-3H3. The SMILES string of the molecule is CC(C)(C)CS(=O)(=O)C1CCC1. The quantitative estimate of drug-likeness (QED) is 0.667. The first kappa shape index (κ1) is 10.0. The Morgan fingerprint density at radius 2 is 1.75 bits per heavy atom. The summed E-state index contributed by atoms with van der Waals surface area (Å²) in [5.41, 5.74) is -0.0889. The molecule has 72 valence electrons. The van der Waals surface area contributed by atoms with Crippen LogP contribution in [0.1, 0.15) is 40.0 Å². The van der Waals surface area contributed by atoms with Gasteiger partial charge < -0.3 is 0 Å². The summed E-state index contributed by atoms with van der Waals surface area (Å²) in [6.45, 7) is 5.93. The van der Waals surface area contributed by atoms with Crippen molar-refractivity contribution in [3.63, 3.8) is 0 Å². The van der Waals surface area contributed by atoms with E-state index in [0.29, 0.717) is 5.75 Å². The van der Waals surface area contributed by atoms with Crippen LogP contribution in [0, 0.1) is 5.41 Å². The molecule has 0 saturated heterocycles. The van der Waals surface area contributed by atoms with Crippen LogP contribution in [-0.4, -0.2) is 19.4 Å². The number of rotatable bonds is 2. The van der Waals surface area contributed by atoms with Gasteiger partial charge in [0.25, 0.3) is 0 Å². The third-order valence-corrected chi connectivity index (χ3v) is 4.95. The Balaban J connectivity index is 2.60. The molecular formula is C9H18O2S. The fourth-order valence-electron chi connectivity index (χ4n) is 1.45. The van der Waals surface area contributed by atoms with Crippen LogP contribution in [0.3, 0.4) is 0 Å². The molecule has 0 aromatic rings. The van der Waals surface area contributed by atoms with E-state index in [1.165, 1.54) is 0 Å². The molecule has 12 heavy (non-hydrogen) atoms. The molecule has 2 nitrogen and oxygen atoms in total. The third kappa shape index (κ3) is 2.47. The van der Waals surface area contributed by atoms with Gasteiger partial charge in [-0.1, -0.05) is 27.2 Å². The molecule has 0 aromatic carbocycles. The summed E-state index contributed by atoms with van der Waals surface area (Å²) in [5, 5.41) is -0.0169. The Kier molecular flexibility index (Phi) is 2.52. The molecule has 0 spiro atoms. The average Bonchev–Trinajstić information content (AvgIpc) is 1.45. The van der Waals surface area contributed by atoms with Crippen LogP contribution in [0.4, 0.5) is 0 Å². The summed E-state index contributed by atoms with van der Waals surface area (Å²) in [5.74, 6) is 0.338. The van der Waals surface area contributed by atoms with Crippen LogP contribution in [0.25, 0.3) is 0 Å². The van der Waals surface area contributed by atoms with Gasteiger partial charge in [-0.2, -0.15) is 0 Å². The Hall–Kier alpha value is -0.0500. The molecule has 0 bridgehead atoms. The van der Waals surface area contributed by atoms with E-state index >= 15 is 0 Å². The van der Waals surface area contributed by atoms with Gasteiger partial charge in [0, 0.05) is 0 Å². The highest BCUT2D eigenvalue weighted by atomic mass is 32.2. The number of hydrogen-bond acceptors (Lipinski definition) is 2. The largest absolute Gasteiger partial charge is 0.229 e. The van der Waals surface area contributed by atoms with Gasteiger partial charge in [-0.05, 0) is 18.3 Å². The van der Waals surface area contributed by atoms with Crippen molar-refractivity contribution in [2.75, 3.05) is 5.75 Å².